The summed E-state index contributed by atoms with van der Waals surface area (Å²) >= 11 is 0. The number of carbonyl (C=O) groups excluding carboxylic acids is 1. The van der Waals surface area contributed by atoms with Gasteiger partial charge in [0.25, 0.3) is 0 Å². The van der Waals surface area contributed by atoms with Crippen molar-refractivity contribution in [3.8, 4) is 0 Å². The predicted octanol–water partition coefficient (Wildman–Crippen LogP) is 1.26. The van der Waals surface area contributed by atoms with Crippen LogP contribution >= 0.6 is 0 Å². The van der Waals surface area contributed by atoms with Crippen molar-refractivity contribution in [2.75, 3.05) is 13.1 Å². The first-order valence-electron chi connectivity index (χ1n) is 7.10. The molecule has 2 N–H and O–H groups in total. The van der Waals surface area contributed by atoms with E-state index in [4.69, 9.17) is 0 Å². The molecule has 0 atom stereocenters. The van der Waals surface area contributed by atoms with Crippen molar-refractivity contribution in [2.24, 2.45) is 5.41 Å². The number of hydrogen-bond donors (Lipinski definition) is 2. The standard InChI is InChI=1S/C14H20N4O3/c1-2-14(12(19)20)5-8-18(9-6-14)13(21)15-10-11-4-3-7-16-17-11/h3-4,7H,2,5-6,8-10H2,1H3,(H,15,21)(H,19,20). The Morgan fingerprint density at radius 2 is 2.14 bits per heavy atom. The van der Waals surface area contributed by atoms with Gasteiger partial charge in [-0.05, 0) is 31.4 Å². The molecule has 1 saturated heterocycles. The minimum absolute atomic E-state index is 0.184. The molecule has 1 aliphatic rings. The molecule has 7 nitrogen and oxygen atoms in total. The maximum absolute atomic E-state index is 12.1. The van der Waals surface area contributed by atoms with E-state index in [0.717, 1.165) is 0 Å². The lowest BCUT2D eigenvalue weighted by Crippen LogP contribution is -2.49. The lowest BCUT2D eigenvalue weighted by Gasteiger charge is -2.38. The van der Waals surface area contributed by atoms with E-state index in [1.807, 2.05) is 6.92 Å². The number of amides is 2. The van der Waals surface area contributed by atoms with Gasteiger partial charge in [-0.3, -0.25) is 4.79 Å². The van der Waals surface area contributed by atoms with Gasteiger partial charge in [-0.1, -0.05) is 6.92 Å². The minimum atomic E-state index is -0.760. The van der Waals surface area contributed by atoms with Crippen molar-refractivity contribution in [2.45, 2.75) is 32.7 Å². The van der Waals surface area contributed by atoms with Crippen LogP contribution in [0.15, 0.2) is 18.3 Å². The molecule has 0 spiro atoms. The van der Waals surface area contributed by atoms with E-state index in [1.54, 1.807) is 23.2 Å². The van der Waals surface area contributed by atoms with E-state index in [1.165, 1.54) is 0 Å². The minimum Gasteiger partial charge on any atom is -0.481 e. The van der Waals surface area contributed by atoms with Crippen molar-refractivity contribution in [3.05, 3.63) is 24.0 Å². The van der Waals surface area contributed by atoms with Crippen molar-refractivity contribution < 1.29 is 14.7 Å². The van der Waals surface area contributed by atoms with Gasteiger partial charge in [0, 0.05) is 19.3 Å². The second kappa shape index (κ2) is 6.51. The van der Waals surface area contributed by atoms with Crippen LogP contribution in [0, 0.1) is 5.41 Å². The summed E-state index contributed by atoms with van der Waals surface area (Å²) in [5.74, 6) is -0.760. The molecule has 2 heterocycles. The van der Waals surface area contributed by atoms with Gasteiger partial charge in [0.05, 0.1) is 17.7 Å². The smallest absolute Gasteiger partial charge is 0.317 e. The van der Waals surface area contributed by atoms with Gasteiger partial charge in [-0.15, -0.1) is 0 Å². The van der Waals surface area contributed by atoms with Crippen LogP contribution in [0.3, 0.4) is 0 Å². The Kier molecular flexibility index (Phi) is 4.72. The van der Waals surface area contributed by atoms with Crippen LogP contribution in [0.1, 0.15) is 31.9 Å². The zero-order valence-corrected chi connectivity index (χ0v) is 12.1. The van der Waals surface area contributed by atoms with Crippen molar-refractivity contribution in [1.82, 2.24) is 20.4 Å². The van der Waals surface area contributed by atoms with Crippen LogP contribution in [0.2, 0.25) is 0 Å². The van der Waals surface area contributed by atoms with E-state index in [-0.39, 0.29) is 6.03 Å². The third-order valence-electron chi connectivity index (χ3n) is 4.19. The van der Waals surface area contributed by atoms with Crippen molar-refractivity contribution in [1.29, 1.82) is 0 Å². The van der Waals surface area contributed by atoms with E-state index in [9.17, 15) is 14.7 Å². The molecule has 0 unspecified atom stereocenters. The summed E-state index contributed by atoms with van der Waals surface area (Å²) in [4.78, 5) is 25.1. The Labute approximate surface area is 123 Å². The van der Waals surface area contributed by atoms with Gasteiger partial charge in [-0.2, -0.15) is 10.2 Å². The molecule has 114 valence electrons. The molecule has 0 bridgehead atoms. The summed E-state index contributed by atoms with van der Waals surface area (Å²) in [6.07, 6.45) is 3.17. The third-order valence-corrected chi connectivity index (χ3v) is 4.19. The Bertz CT molecular complexity index is 498. The number of likely N-dealkylation sites (tertiary alicyclic amines) is 1. The zero-order valence-electron chi connectivity index (χ0n) is 12.1. The first-order valence-corrected chi connectivity index (χ1v) is 7.10. The maximum Gasteiger partial charge on any atom is 0.317 e. The summed E-state index contributed by atoms with van der Waals surface area (Å²) in [5, 5.41) is 19.8. The van der Waals surface area contributed by atoms with Gasteiger partial charge < -0.3 is 15.3 Å². The molecule has 2 amide bonds. The second-order valence-corrected chi connectivity index (χ2v) is 5.30. The van der Waals surface area contributed by atoms with E-state index in [2.05, 4.69) is 15.5 Å². The summed E-state index contributed by atoms with van der Waals surface area (Å²) in [7, 11) is 0. The van der Waals surface area contributed by atoms with Gasteiger partial charge in [0.15, 0.2) is 0 Å². The summed E-state index contributed by atoms with van der Waals surface area (Å²) in [5.41, 5.74) is 0.0121. The third kappa shape index (κ3) is 3.48. The van der Waals surface area contributed by atoms with Crippen LogP contribution < -0.4 is 5.32 Å². The lowest BCUT2D eigenvalue weighted by atomic mass is 9.76. The van der Waals surface area contributed by atoms with Crippen molar-refractivity contribution >= 4 is 12.0 Å². The molecule has 0 saturated carbocycles. The van der Waals surface area contributed by atoms with E-state index in [0.29, 0.717) is 44.6 Å². The molecule has 21 heavy (non-hydrogen) atoms. The number of nitrogens with zero attached hydrogens (tertiary/aromatic N) is 3. The highest BCUT2D eigenvalue weighted by atomic mass is 16.4. The topological polar surface area (TPSA) is 95.4 Å². The molecular weight excluding hydrogens is 272 g/mol. The fourth-order valence-corrected chi connectivity index (χ4v) is 2.56. The van der Waals surface area contributed by atoms with E-state index >= 15 is 0 Å². The number of aliphatic carboxylic acids is 1. The average molecular weight is 292 g/mol. The number of carbonyl (C=O) groups is 2. The zero-order chi connectivity index (χ0) is 15.3. The first kappa shape index (κ1) is 15.2. The largest absolute Gasteiger partial charge is 0.481 e. The molecule has 1 aromatic rings. The number of hydrogen-bond acceptors (Lipinski definition) is 4. The number of rotatable bonds is 4. The van der Waals surface area contributed by atoms with Crippen molar-refractivity contribution in [3.63, 3.8) is 0 Å². The Morgan fingerprint density at radius 1 is 1.43 bits per heavy atom. The number of aromatic nitrogens is 2. The van der Waals surface area contributed by atoms with Gasteiger partial charge >= 0.3 is 12.0 Å². The fraction of sp³-hybridized carbons (Fsp3) is 0.571. The molecule has 0 aliphatic carbocycles. The summed E-state index contributed by atoms with van der Waals surface area (Å²) in [6, 6.07) is 3.36. The van der Waals surface area contributed by atoms with Gasteiger partial charge in [0.1, 0.15) is 0 Å². The number of urea groups is 1. The quantitative estimate of drug-likeness (QED) is 0.871. The van der Waals surface area contributed by atoms with Crippen LogP contribution in [0.25, 0.3) is 0 Å². The number of carboxylic acid groups (broad SMARTS) is 1. The van der Waals surface area contributed by atoms with Gasteiger partial charge in [-0.25, -0.2) is 4.79 Å². The second-order valence-electron chi connectivity index (χ2n) is 5.30. The van der Waals surface area contributed by atoms with Crippen LogP contribution in [-0.4, -0.2) is 45.3 Å². The number of nitrogens with one attached hydrogen (secondary N) is 1. The van der Waals surface area contributed by atoms with Crippen LogP contribution in [0.4, 0.5) is 4.79 Å². The lowest BCUT2D eigenvalue weighted by molar-refractivity contribution is -0.151. The number of carboxylic acids is 1. The normalized spacial score (nSPS) is 17.3. The molecule has 0 radical (unpaired) electrons. The van der Waals surface area contributed by atoms with E-state index < -0.39 is 11.4 Å². The number of piperidine rings is 1. The van der Waals surface area contributed by atoms with Crippen LogP contribution in [-0.2, 0) is 11.3 Å². The summed E-state index contributed by atoms with van der Waals surface area (Å²) < 4.78 is 0. The maximum atomic E-state index is 12.1. The molecular formula is C14H20N4O3. The molecule has 1 aromatic heterocycles. The molecule has 2 rings (SSSR count). The highest BCUT2D eigenvalue weighted by molar-refractivity contribution is 5.77. The SMILES string of the molecule is CCC1(C(=O)O)CCN(C(=O)NCc2cccnn2)CC1. The molecule has 1 aliphatic heterocycles. The molecule has 0 aromatic carbocycles. The van der Waals surface area contributed by atoms with Crippen LogP contribution in [0.5, 0.6) is 0 Å². The monoisotopic (exact) mass is 292 g/mol. The molecule has 1 fully saturated rings. The predicted molar refractivity (Wildman–Crippen MR) is 75.4 cm³/mol. The highest BCUT2D eigenvalue weighted by Crippen LogP contribution is 2.35. The molecule has 7 heteroatoms. The Hall–Kier alpha value is -2.18. The fourth-order valence-electron chi connectivity index (χ4n) is 2.56. The first-order chi connectivity index (χ1) is 10.1. The van der Waals surface area contributed by atoms with Gasteiger partial charge in [0.2, 0.25) is 0 Å². The average Bonchev–Trinajstić information content (AvgIpc) is 2.53. The summed E-state index contributed by atoms with van der Waals surface area (Å²) in [6.45, 7) is 3.14. The highest BCUT2D eigenvalue weighted by Gasteiger charge is 2.40. The Morgan fingerprint density at radius 3 is 2.67 bits per heavy atom. The Balaban J connectivity index is 1.84.